The van der Waals surface area contributed by atoms with Gasteiger partial charge in [0.15, 0.2) is 0 Å². The maximum atomic E-state index is 13.1. The highest BCUT2D eigenvalue weighted by Gasteiger charge is 2.29. The lowest BCUT2D eigenvalue weighted by molar-refractivity contribution is -0.132. The van der Waals surface area contributed by atoms with Crippen molar-refractivity contribution in [2.24, 2.45) is 0 Å². The van der Waals surface area contributed by atoms with Crippen molar-refractivity contribution in [1.82, 2.24) is 24.8 Å². The zero-order chi connectivity index (χ0) is 22.1. The van der Waals surface area contributed by atoms with Crippen molar-refractivity contribution < 1.29 is 4.79 Å². The number of amides is 1. The number of para-hydroxylation sites is 1. The van der Waals surface area contributed by atoms with Gasteiger partial charge < -0.3 is 20.1 Å². The third kappa shape index (κ3) is 4.09. The fourth-order valence-corrected chi connectivity index (χ4v) is 5.11. The molecule has 2 aliphatic rings. The first-order chi connectivity index (χ1) is 15.6. The number of carbonyl (C=O) groups is 1. The smallest absolute Gasteiger partial charge is 0.222 e. The van der Waals surface area contributed by atoms with Gasteiger partial charge in [0, 0.05) is 74.6 Å². The van der Waals surface area contributed by atoms with E-state index in [4.69, 9.17) is 9.97 Å². The van der Waals surface area contributed by atoms with E-state index in [1.165, 1.54) is 22.2 Å². The van der Waals surface area contributed by atoms with Crippen molar-refractivity contribution >= 4 is 22.6 Å². The summed E-state index contributed by atoms with van der Waals surface area (Å²) in [5.74, 6) is 2.28. The number of nitrogens with zero attached hydrogens (tertiary/aromatic N) is 4. The van der Waals surface area contributed by atoms with E-state index in [0.29, 0.717) is 13.0 Å². The third-order valence-electron chi connectivity index (χ3n) is 6.93. The molecule has 0 bridgehead atoms. The topological polar surface area (TPSA) is 77.1 Å². The molecule has 1 amide bonds. The second-order valence-corrected chi connectivity index (χ2v) is 9.13. The number of aromatic nitrogens is 3. The Morgan fingerprint density at radius 1 is 1.25 bits per heavy atom. The van der Waals surface area contributed by atoms with Gasteiger partial charge in [-0.25, -0.2) is 9.97 Å². The van der Waals surface area contributed by atoms with Gasteiger partial charge in [0.05, 0.1) is 5.69 Å². The summed E-state index contributed by atoms with van der Waals surface area (Å²) in [4.78, 5) is 30.6. The molecule has 1 fully saturated rings. The lowest BCUT2D eigenvalue weighted by Crippen LogP contribution is -2.40. The van der Waals surface area contributed by atoms with Gasteiger partial charge in [0.2, 0.25) is 5.91 Å². The highest BCUT2D eigenvalue weighted by atomic mass is 16.2. The number of likely N-dealkylation sites (tertiary alicyclic amines) is 1. The predicted molar refractivity (Wildman–Crippen MR) is 127 cm³/mol. The van der Waals surface area contributed by atoms with Crippen LogP contribution in [0.1, 0.15) is 47.8 Å². The summed E-state index contributed by atoms with van der Waals surface area (Å²) in [6, 6.07) is 8.27. The minimum atomic E-state index is 0.206. The molecule has 0 aliphatic carbocycles. The van der Waals surface area contributed by atoms with Gasteiger partial charge in [0.1, 0.15) is 11.6 Å². The number of aromatic amines is 1. The van der Waals surface area contributed by atoms with Gasteiger partial charge in [-0.2, -0.15) is 0 Å². The van der Waals surface area contributed by atoms with E-state index in [-0.39, 0.29) is 11.8 Å². The second kappa shape index (κ2) is 8.90. The van der Waals surface area contributed by atoms with Crippen LogP contribution in [0.2, 0.25) is 0 Å². The number of piperidine rings is 1. The van der Waals surface area contributed by atoms with Crippen LogP contribution >= 0.6 is 0 Å². The number of benzene rings is 1. The van der Waals surface area contributed by atoms with Crippen LogP contribution in [0.15, 0.2) is 30.5 Å². The largest absolute Gasteiger partial charge is 0.373 e. The Hall–Kier alpha value is -2.93. The average Bonchev–Trinajstić information content (AvgIpc) is 3.25. The predicted octanol–water partition coefficient (Wildman–Crippen LogP) is 3.33. The van der Waals surface area contributed by atoms with Gasteiger partial charge in [-0.05, 0) is 37.9 Å². The van der Waals surface area contributed by atoms with E-state index in [9.17, 15) is 4.79 Å². The summed E-state index contributed by atoms with van der Waals surface area (Å²) in [6.45, 7) is 3.46. The van der Waals surface area contributed by atoms with E-state index >= 15 is 0 Å². The first kappa shape index (κ1) is 20.9. The van der Waals surface area contributed by atoms with Crippen molar-refractivity contribution in [1.29, 1.82) is 0 Å². The Morgan fingerprint density at radius 2 is 2.12 bits per heavy atom. The Morgan fingerprint density at radius 3 is 3.00 bits per heavy atom. The van der Waals surface area contributed by atoms with Gasteiger partial charge in [-0.15, -0.1) is 0 Å². The van der Waals surface area contributed by atoms with Crippen LogP contribution in [0.5, 0.6) is 0 Å². The SMILES string of the molecule is CNc1nc([C@H]2CCCN(C(=O)CCc3c[nH]c4ccccc34)C2)nc2c1CN(C)CC2. The zero-order valence-corrected chi connectivity index (χ0v) is 19.0. The molecule has 4 heterocycles. The molecule has 5 rings (SSSR count). The molecule has 7 nitrogen and oxygen atoms in total. The minimum Gasteiger partial charge on any atom is -0.373 e. The molecule has 0 saturated carbocycles. The van der Waals surface area contributed by atoms with Crippen molar-refractivity contribution in [2.45, 2.75) is 44.6 Å². The number of likely N-dealkylation sites (N-methyl/N-ethyl adjacent to an activating group) is 1. The number of H-pyrrole nitrogens is 1. The first-order valence-corrected chi connectivity index (χ1v) is 11.7. The molecule has 168 valence electrons. The monoisotopic (exact) mass is 432 g/mol. The summed E-state index contributed by atoms with van der Waals surface area (Å²) in [5.41, 5.74) is 4.72. The Labute approximate surface area is 189 Å². The summed E-state index contributed by atoms with van der Waals surface area (Å²) < 4.78 is 0. The minimum absolute atomic E-state index is 0.206. The summed E-state index contributed by atoms with van der Waals surface area (Å²) >= 11 is 0. The molecule has 2 N–H and O–H groups in total. The average molecular weight is 433 g/mol. The fraction of sp³-hybridized carbons (Fsp3) is 0.480. The number of anilines is 1. The molecule has 0 unspecified atom stereocenters. The van der Waals surface area contributed by atoms with Gasteiger partial charge >= 0.3 is 0 Å². The summed E-state index contributed by atoms with van der Waals surface area (Å²) in [7, 11) is 4.07. The normalized spacial score (nSPS) is 19.2. The highest BCUT2D eigenvalue weighted by molar-refractivity contribution is 5.84. The Bertz CT molecular complexity index is 1110. The van der Waals surface area contributed by atoms with E-state index in [0.717, 1.165) is 62.5 Å². The number of nitrogens with one attached hydrogen (secondary N) is 2. The molecule has 2 aromatic heterocycles. The summed E-state index contributed by atoms with van der Waals surface area (Å²) in [6.07, 6.45) is 6.32. The van der Waals surface area contributed by atoms with Gasteiger partial charge in [-0.1, -0.05) is 18.2 Å². The molecular formula is C25H32N6O. The number of aryl methyl sites for hydroxylation is 1. The number of fused-ring (bicyclic) bond motifs is 2. The fourth-order valence-electron chi connectivity index (χ4n) is 5.11. The van der Waals surface area contributed by atoms with Gasteiger partial charge in [-0.3, -0.25) is 4.79 Å². The second-order valence-electron chi connectivity index (χ2n) is 9.13. The van der Waals surface area contributed by atoms with Crippen LogP contribution in [-0.4, -0.2) is 64.4 Å². The van der Waals surface area contributed by atoms with E-state index in [1.807, 2.05) is 30.3 Å². The van der Waals surface area contributed by atoms with Crippen LogP contribution < -0.4 is 5.32 Å². The first-order valence-electron chi connectivity index (χ1n) is 11.7. The molecule has 2 aliphatic heterocycles. The maximum Gasteiger partial charge on any atom is 0.222 e. The lowest BCUT2D eigenvalue weighted by Gasteiger charge is -2.33. The molecular weight excluding hydrogens is 400 g/mol. The van der Waals surface area contributed by atoms with Crippen molar-refractivity contribution in [3.63, 3.8) is 0 Å². The Balaban J connectivity index is 1.27. The van der Waals surface area contributed by atoms with Crippen LogP contribution in [-0.2, 0) is 24.2 Å². The van der Waals surface area contributed by atoms with E-state index < -0.39 is 0 Å². The number of rotatable bonds is 5. The van der Waals surface area contributed by atoms with Crippen LogP contribution in [0.25, 0.3) is 10.9 Å². The molecule has 0 radical (unpaired) electrons. The zero-order valence-electron chi connectivity index (χ0n) is 19.0. The molecule has 1 aromatic carbocycles. The van der Waals surface area contributed by atoms with E-state index in [1.54, 1.807) is 0 Å². The van der Waals surface area contributed by atoms with Crippen LogP contribution in [0, 0.1) is 0 Å². The number of hydrogen-bond acceptors (Lipinski definition) is 5. The van der Waals surface area contributed by atoms with Crippen molar-refractivity contribution in [3.05, 3.63) is 53.1 Å². The van der Waals surface area contributed by atoms with Gasteiger partial charge in [0.25, 0.3) is 0 Å². The molecule has 1 saturated heterocycles. The van der Waals surface area contributed by atoms with E-state index in [2.05, 4.69) is 34.4 Å². The Kier molecular flexibility index (Phi) is 5.83. The molecule has 3 aromatic rings. The summed E-state index contributed by atoms with van der Waals surface area (Å²) in [5, 5.41) is 4.49. The van der Waals surface area contributed by atoms with Crippen LogP contribution in [0.4, 0.5) is 5.82 Å². The lowest BCUT2D eigenvalue weighted by atomic mass is 9.95. The quantitative estimate of drug-likeness (QED) is 0.647. The molecule has 0 spiro atoms. The number of carbonyl (C=O) groups excluding carboxylic acids is 1. The standard InChI is InChI=1S/C25H32N6O/c1-26-25-20-16-30(2)13-11-22(20)28-24(29-25)18-6-5-12-31(15-18)23(32)10-9-17-14-27-21-8-4-3-7-19(17)21/h3-4,7-8,14,18,27H,5-6,9-13,15-16H2,1-2H3,(H,26,28,29)/t18-/m0/s1. The van der Waals surface area contributed by atoms with Crippen molar-refractivity contribution in [2.75, 3.05) is 39.0 Å². The highest BCUT2D eigenvalue weighted by Crippen LogP contribution is 2.30. The molecule has 7 heteroatoms. The third-order valence-corrected chi connectivity index (χ3v) is 6.93. The molecule has 1 atom stereocenters. The molecule has 32 heavy (non-hydrogen) atoms. The number of hydrogen-bond donors (Lipinski definition) is 2. The maximum absolute atomic E-state index is 13.1. The van der Waals surface area contributed by atoms with Crippen molar-refractivity contribution in [3.8, 4) is 0 Å². The van der Waals surface area contributed by atoms with Crippen LogP contribution in [0.3, 0.4) is 0 Å².